The first-order valence-electron chi connectivity index (χ1n) is 8.60. The molecule has 5 heteroatoms. The molecule has 0 aliphatic carbocycles. The monoisotopic (exact) mass is 493 g/mol. The molecule has 0 aromatic heterocycles. The Bertz CT molecular complexity index is 916. The van der Waals surface area contributed by atoms with E-state index < -0.39 is 0 Å². The van der Waals surface area contributed by atoms with Crippen molar-refractivity contribution in [3.63, 3.8) is 0 Å². The summed E-state index contributed by atoms with van der Waals surface area (Å²) >= 11 is 8.49. The van der Waals surface area contributed by atoms with Crippen LogP contribution in [0.2, 0.25) is 5.02 Å². The molecule has 0 unspecified atom stereocenters. The van der Waals surface area contributed by atoms with Crippen LogP contribution in [0.5, 0.6) is 11.5 Å². The van der Waals surface area contributed by atoms with Crippen LogP contribution >= 0.6 is 34.2 Å². The first-order valence-corrected chi connectivity index (χ1v) is 10.1. The van der Waals surface area contributed by atoms with Gasteiger partial charge in [-0.15, -0.1) is 0 Å². The van der Waals surface area contributed by atoms with Gasteiger partial charge in [-0.2, -0.15) is 0 Å². The van der Waals surface area contributed by atoms with Gasteiger partial charge in [0.05, 0.1) is 10.7 Å². The van der Waals surface area contributed by atoms with E-state index in [4.69, 9.17) is 21.1 Å². The molecule has 3 nitrogen and oxygen atoms in total. The molecule has 0 bridgehead atoms. The predicted molar refractivity (Wildman–Crippen MR) is 120 cm³/mol. The van der Waals surface area contributed by atoms with Crippen LogP contribution < -0.4 is 14.8 Å². The van der Waals surface area contributed by atoms with Crippen molar-refractivity contribution in [1.29, 1.82) is 0 Å². The molecule has 0 radical (unpaired) electrons. The van der Waals surface area contributed by atoms with Crippen LogP contribution in [0.25, 0.3) is 0 Å². The summed E-state index contributed by atoms with van der Waals surface area (Å²) in [5, 5.41) is 4.20. The normalized spacial score (nSPS) is 10.5. The fraction of sp³-hybridized carbons (Fsp3) is 0.182. The highest BCUT2D eigenvalue weighted by atomic mass is 127. The molecule has 0 saturated carbocycles. The van der Waals surface area contributed by atoms with Crippen molar-refractivity contribution in [2.45, 2.75) is 20.1 Å². The number of nitrogens with one attached hydrogen (secondary N) is 1. The summed E-state index contributed by atoms with van der Waals surface area (Å²) in [6.45, 7) is 3.19. The minimum Gasteiger partial charge on any atom is -0.493 e. The molecule has 0 aliphatic heterocycles. The lowest BCUT2D eigenvalue weighted by atomic mass is 10.1. The molecule has 27 heavy (non-hydrogen) atoms. The van der Waals surface area contributed by atoms with Gasteiger partial charge in [0, 0.05) is 17.3 Å². The summed E-state index contributed by atoms with van der Waals surface area (Å²) in [6, 6.07) is 20.1. The van der Waals surface area contributed by atoms with Crippen molar-refractivity contribution in [3.05, 3.63) is 85.9 Å². The molecule has 0 heterocycles. The topological polar surface area (TPSA) is 30.5 Å². The van der Waals surface area contributed by atoms with Crippen LogP contribution in [0.15, 0.2) is 60.7 Å². The molecular weight excluding hydrogens is 473 g/mol. The first kappa shape index (κ1) is 19.8. The van der Waals surface area contributed by atoms with Gasteiger partial charge in [0.1, 0.15) is 6.61 Å². The molecule has 0 fully saturated rings. The summed E-state index contributed by atoms with van der Waals surface area (Å²) < 4.78 is 12.6. The molecule has 3 aromatic rings. The maximum absolute atomic E-state index is 6.20. The van der Waals surface area contributed by atoms with Crippen molar-refractivity contribution in [2.24, 2.45) is 0 Å². The third kappa shape index (κ3) is 5.08. The van der Waals surface area contributed by atoms with E-state index >= 15 is 0 Å². The van der Waals surface area contributed by atoms with E-state index in [1.807, 2.05) is 61.5 Å². The predicted octanol–water partition coefficient (Wildman–Crippen LogP) is 6.45. The van der Waals surface area contributed by atoms with Crippen LogP contribution in [0.3, 0.4) is 0 Å². The SMILES string of the molecule is COc1cc(CNc2cccc(Cl)c2C)cc(I)c1OCc1ccccc1. The molecule has 0 spiro atoms. The van der Waals surface area contributed by atoms with Gasteiger partial charge in [-0.1, -0.05) is 48.0 Å². The number of ether oxygens (including phenoxy) is 2. The molecule has 0 aliphatic rings. The van der Waals surface area contributed by atoms with Crippen LogP contribution in [0, 0.1) is 10.5 Å². The van der Waals surface area contributed by atoms with Crippen LogP contribution in [-0.4, -0.2) is 7.11 Å². The number of halogens is 2. The zero-order valence-electron chi connectivity index (χ0n) is 15.3. The molecule has 3 rings (SSSR count). The number of benzene rings is 3. The van der Waals surface area contributed by atoms with Gasteiger partial charge in [-0.25, -0.2) is 0 Å². The lowest BCUT2D eigenvalue weighted by molar-refractivity contribution is 0.282. The second-order valence-corrected chi connectivity index (χ2v) is 7.72. The number of anilines is 1. The van der Waals surface area contributed by atoms with Crippen LogP contribution in [0.4, 0.5) is 5.69 Å². The standard InChI is InChI=1S/C22H21ClINO2/c1-15-18(23)9-6-10-20(15)25-13-17-11-19(24)22(21(12-17)26-2)27-14-16-7-4-3-5-8-16/h3-12,25H,13-14H2,1-2H3. The number of hydrogen-bond donors (Lipinski definition) is 1. The molecule has 0 atom stereocenters. The molecular formula is C22H21ClINO2. The van der Waals surface area contributed by atoms with Gasteiger partial charge in [0.15, 0.2) is 11.5 Å². The molecule has 0 amide bonds. The van der Waals surface area contributed by atoms with E-state index in [0.717, 1.165) is 42.5 Å². The van der Waals surface area contributed by atoms with E-state index in [2.05, 4.69) is 34.0 Å². The maximum atomic E-state index is 6.20. The lowest BCUT2D eigenvalue weighted by Crippen LogP contribution is -2.04. The van der Waals surface area contributed by atoms with Crippen LogP contribution in [-0.2, 0) is 13.2 Å². The van der Waals surface area contributed by atoms with E-state index in [1.165, 1.54) is 0 Å². The molecule has 1 N–H and O–H groups in total. The van der Waals surface area contributed by atoms with Gasteiger partial charge >= 0.3 is 0 Å². The third-order valence-electron chi connectivity index (χ3n) is 4.27. The van der Waals surface area contributed by atoms with Crippen LogP contribution in [0.1, 0.15) is 16.7 Å². The van der Waals surface area contributed by atoms with Gasteiger partial charge in [0.25, 0.3) is 0 Å². The minimum atomic E-state index is 0.506. The summed E-state index contributed by atoms with van der Waals surface area (Å²) in [5.74, 6) is 1.50. The average molecular weight is 494 g/mol. The summed E-state index contributed by atoms with van der Waals surface area (Å²) in [7, 11) is 1.67. The van der Waals surface area contributed by atoms with Crippen molar-refractivity contribution >= 4 is 39.9 Å². The Balaban J connectivity index is 1.74. The Morgan fingerprint density at radius 3 is 2.52 bits per heavy atom. The van der Waals surface area contributed by atoms with E-state index in [0.29, 0.717) is 13.2 Å². The molecule has 3 aromatic carbocycles. The Morgan fingerprint density at radius 2 is 1.78 bits per heavy atom. The van der Waals surface area contributed by atoms with E-state index in [9.17, 15) is 0 Å². The zero-order chi connectivity index (χ0) is 19.2. The van der Waals surface area contributed by atoms with Gasteiger partial charge in [0.2, 0.25) is 0 Å². The first-order chi connectivity index (χ1) is 13.1. The molecule has 0 saturated heterocycles. The van der Waals surface area contributed by atoms with E-state index in [1.54, 1.807) is 7.11 Å². The highest BCUT2D eigenvalue weighted by Crippen LogP contribution is 2.35. The Morgan fingerprint density at radius 1 is 1.00 bits per heavy atom. The summed E-state index contributed by atoms with van der Waals surface area (Å²) in [5.41, 5.74) is 4.31. The van der Waals surface area contributed by atoms with Crippen molar-refractivity contribution in [3.8, 4) is 11.5 Å². The largest absolute Gasteiger partial charge is 0.493 e. The fourth-order valence-electron chi connectivity index (χ4n) is 2.74. The maximum Gasteiger partial charge on any atom is 0.174 e. The highest BCUT2D eigenvalue weighted by molar-refractivity contribution is 14.1. The van der Waals surface area contributed by atoms with Gasteiger partial charge in [-0.05, 0) is 70.5 Å². The van der Waals surface area contributed by atoms with Crippen molar-refractivity contribution in [1.82, 2.24) is 0 Å². The second-order valence-electron chi connectivity index (χ2n) is 6.15. The summed E-state index contributed by atoms with van der Waals surface area (Å²) in [4.78, 5) is 0. The third-order valence-corrected chi connectivity index (χ3v) is 5.48. The highest BCUT2D eigenvalue weighted by Gasteiger charge is 2.12. The average Bonchev–Trinajstić information content (AvgIpc) is 2.68. The lowest BCUT2D eigenvalue weighted by Gasteiger charge is -2.16. The number of rotatable bonds is 7. The Hall–Kier alpha value is -1.92. The smallest absolute Gasteiger partial charge is 0.174 e. The Kier molecular flexibility index (Phi) is 6.85. The summed E-state index contributed by atoms with van der Waals surface area (Å²) in [6.07, 6.45) is 0. The van der Waals surface area contributed by atoms with E-state index in [-0.39, 0.29) is 0 Å². The van der Waals surface area contributed by atoms with Crippen molar-refractivity contribution < 1.29 is 9.47 Å². The number of hydrogen-bond acceptors (Lipinski definition) is 3. The van der Waals surface area contributed by atoms with Gasteiger partial charge in [-0.3, -0.25) is 0 Å². The number of methoxy groups -OCH3 is 1. The minimum absolute atomic E-state index is 0.506. The quantitative estimate of drug-likeness (QED) is 0.384. The Labute approximate surface area is 178 Å². The van der Waals surface area contributed by atoms with Gasteiger partial charge < -0.3 is 14.8 Å². The van der Waals surface area contributed by atoms with Crippen molar-refractivity contribution in [2.75, 3.05) is 12.4 Å². The molecule has 140 valence electrons. The zero-order valence-corrected chi connectivity index (χ0v) is 18.2. The fourth-order valence-corrected chi connectivity index (χ4v) is 3.74. The second kappa shape index (κ2) is 9.33.